The Balaban J connectivity index is 1.06. The van der Waals surface area contributed by atoms with Crippen LogP contribution in [0.5, 0.6) is 11.5 Å². The molecular formula is C28H36N4O4. The second kappa shape index (κ2) is 10.9. The predicted molar refractivity (Wildman–Crippen MR) is 138 cm³/mol. The van der Waals surface area contributed by atoms with Gasteiger partial charge in [0.1, 0.15) is 0 Å². The van der Waals surface area contributed by atoms with Crippen LogP contribution in [0.2, 0.25) is 0 Å². The molecule has 0 radical (unpaired) electrons. The first kappa shape index (κ1) is 24.6. The zero-order valence-corrected chi connectivity index (χ0v) is 21.3. The Kier molecular flexibility index (Phi) is 7.43. The van der Waals surface area contributed by atoms with Crippen LogP contribution in [0.25, 0.3) is 0 Å². The van der Waals surface area contributed by atoms with Crippen LogP contribution in [-0.4, -0.2) is 78.6 Å². The number of anilines is 1. The molecule has 2 aliphatic heterocycles. The van der Waals surface area contributed by atoms with Crippen molar-refractivity contribution in [3.05, 3.63) is 53.1 Å². The average Bonchev–Trinajstić information content (AvgIpc) is 3.61. The van der Waals surface area contributed by atoms with Crippen LogP contribution in [0.4, 0.5) is 5.69 Å². The standard InChI is InChI=1S/C28H36N4O4/c1-20-3-4-21(2)24(15-20)29-27(33)18-32(23-6-7-23)10-9-28(34)31-13-11-30(12-14-31)17-22-5-8-25-26(16-22)36-19-35-25/h3-5,8,15-16,23H,6-7,9-14,17-19H2,1-2H3,(H,29,33). The summed E-state index contributed by atoms with van der Waals surface area (Å²) < 4.78 is 10.9. The molecule has 1 saturated heterocycles. The highest BCUT2D eigenvalue weighted by Crippen LogP contribution is 2.33. The number of nitrogens with one attached hydrogen (secondary N) is 1. The van der Waals surface area contributed by atoms with Crippen molar-refractivity contribution in [3.8, 4) is 11.5 Å². The fraction of sp³-hybridized carbons (Fsp3) is 0.500. The van der Waals surface area contributed by atoms with Crippen molar-refractivity contribution >= 4 is 17.5 Å². The topological polar surface area (TPSA) is 74.4 Å². The smallest absolute Gasteiger partial charge is 0.238 e. The normalized spacial score (nSPS) is 17.5. The van der Waals surface area contributed by atoms with Gasteiger partial charge >= 0.3 is 0 Å². The van der Waals surface area contributed by atoms with Crippen LogP contribution in [0.1, 0.15) is 36.0 Å². The Hall–Kier alpha value is -3.10. The number of rotatable bonds is 9. The van der Waals surface area contributed by atoms with Crippen molar-refractivity contribution in [2.24, 2.45) is 0 Å². The van der Waals surface area contributed by atoms with Crippen molar-refractivity contribution in [1.82, 2.24) is 14.7 Å². The van der Waals surface area contributed by atoms with E-state index in [1.807, 2.05) is 49.1 Å². The maximum Gasteiger partial charge on any atom is 0.238 e. The highest BCUT2D eigenvalue weighted by molar-refractivity contribution is 5.93. The summed E-state index contributed by atoms with van der Waals surface area (Å²) in [5.74, 6) is 1.78. The quantitative estimate of drug-likeness (QED) is 0.580. The zero-order chi connectivity index (χ0) is 25.1. The molecule has 192 valence electrons. The van der Waals surface area contributed by atoms with Gasteiger partial charge in [0.2, 0.25) is 18.6 Å². The third-order valence-corrected chi connectivity index (χ3v) is 7.26. The van der Waals surface area contributed by atoms with Crippen LogP contribution in [-0.2, 0) is 16.1 Å². The molecule has 36 heavy (non-hydrogen) atoms. The molecule has 0 atom stereocenters. The van der Waals surface area contributed by atoms with Crippen molar-refractivity contribution in [2.75, 3.05) is 51.4 Å². The lowest BCUT2D eigenvalue weighted by atomic mass is 10.1. The van der Waals surface area contributed by atoms with Crippen LogP contribution in [0.15, 0.2) is 36.4 Å². The molecular weight excluding hydrogens is 456 g/mol. The summed E-state index contributed by atoms with van der Waals surface area (Å²) in [6.45, 7) is 9.28. The van der Waals surface area contributed by atoms with E-state index in [1.165, 1.54) is 5.56 Å². The van der Waals surface area contributed by atoms with E-state index in [9.17, 15) is 9.59 Å². The highest BCUT2D eigenvalue weighted by atomic mass is 16.7. The lowest BCUT2D eigenvalue weighted by molar-refractivity contribution is -0.133. The maximum atomic E-state index is 12.9. The minimum absolute atomic E-state index is 0.0137. The molecule has 8 nitrogen and oxygen atoms in total. The van der Waals surface area contributed by atoms with Gasteiger partial charge in [0.25, 0.3) is 0 Å². The largest absolute Gasteiger partial charge is 0.454 e. The summed E-state index contributed by atoms with van der Waals surface area (Å²) in [6.07, 6.45) is 2.66. The van der Waals surface area contributed by atoms with Crippen LogP contribution >= 0.6 is 0 Å². The molecule has 2 fully saturated rings. The molecule has 1 N–H and O–H groups in total. The van der Waals surface area contributed by atoms with Gasteiger partial charge in [-0.1, -0.05) is 18.2 Å². The summed E-state index contributed by atoms with van der Waals surface area (Å²) in [6, 6.07) is 12.6. The Morgan fingerprint density at radius 1 is 1.00 bits per heavy atom. The second-order valence-corrected chi connectivity index (χ2v) is 10.2. The van der Waals surface area contributed by atoms with Gasteiger partial charge in [0, 0.05) is 57.4 Å². The Bertz CT molecular complexity index is 1110. The molecule has 0 spiro atoms. The molecule has 2 amide bonds. The summed E-state index contributed by atoms with van der Waals surface area (Å²) in [5, 5.41) is 3.06. The molecule has 5 rings (SSSR count). The first-order chi connectivity index (χ1) is 17.4. The van der Waals surface area contributed by atoms with E-state index in [0.29, 0.717) is 25.6 Å². The van der Waals surface area contributed by atoms with Crippen molar-refractivity contribution in [2.45, 2.75) is 45.7 Å². The number of amides is 2. The van der Waals surface area contributed by atoms with Gasteiger partial charge in [0.05, 0.1) is 6.54 Å². The fourth-order valence-corrected chi connectivity index (χ4v) is 4.93. The van der Waals surface area contributed by atoms with E-state index in [0.717, 1.165) is 73.9 Å². The third-order valence-electron chi connectivity index (χ3n) is 7.26. The SMILES string of the molecule is Cc1ccc(C)c(NC(=O)CN(CCC(=O)N2CCN(Cc3ccc4c(c3)OCO4)CC2)C2CC2)c1. The molecule has 3 aliphatic rings. The number of piperazine rings is 1. The van der Waals surface area contributed by atoms with Crippen molar-refractivity contribution < 1.29 is 19.1 Å². The minimum Gasteiger partial charge on any atom is -0.454 e. The van der Waals surface area contributed by atoms with Crippen LogP contribution < -0.4 is 14.8 Å². The minimum atomic E-state index is -0.0137. The van der Waals surface area contributed by atoms with E-state index in [1.54, 1.807) is 0 Å². The number of ether oxygens (including phenoxy) is 2. The van der Waals surface area contributed by atoms with Gasteiger partial charge < -0.3 is 19.7 Å². The summed E-state index contributed by atoms with van der Waals surface area (Å²) >= 11 is 0. The molecule has 2 aromatic carbocycles. The first-order valence-electron chi connectivity index (χ1n) is 12.9. The van der Waals surface area contributed by atoms with Gasteiger partial charge in [-0.2, -0.15) is 0 Å². The van der Waals surface area contributed by atoms with Crippen molar-refractivity contribution in [3.63, 3.8) is 0 Å². The highest BCUT2D eigenvalue weighted by Gasteiger charge is 2.31. The number of benzene rings is 2. The summed E-state index contributed by atoms with van der Waals surface area (Å²) in [4.78, 5) is 32.2. The number of carbonyl (C=O) groups is 2. The first-order valence-corrected chi connectivity index (χ1v) is 12.9. The van der Waals surface area contributed by atoms with Crippen LogP contribution in [0, 0.1) is 13.8 Å². The molecule has 0 unspecified atom stereocenters. The third kappa shape index (κ3) is 6.17. The summed E-state index contributed by atoms with van der Waals surface area (Å²) in [7, 11) is 0. The number of nitrogens with zero attached hydrogens (tertiary/aromatic N) is 3. The molecule has 8 heteroatoms. The molecule has 1 aliphatic carbocycles. The Morgan fingerprint density at radius 3 is 2.56 bits per heavy atom. The second-order valence-electron chi connectivity index (χ2n) is 10.2. The lowest BCUT2D eigenvalue weighted by Crippen LogP contribution is -2.49. The van der Waals surface area contributed by atoms with Gasteiger partial charge in [0.15, 0.2) is 11.5 Å². The van der Waals surface area contributed by atoms with Gasteiger partial charge in [-0.15, -0.1) is 0 Å². The van der Waals surface area contributed by atoms with E-state index >= 15 is 0 Å². The van der Waals surface area contributed by atoms with Crippen LogP contribution in [0.3, 0.4) is 0 Å². The fourth-order valence-electron chi connectivity index (χ4n) is 4.93. The zero-order valence-electron chi connectivity index (χ0n) is 21.3. The van der Waals surface area contributed by atoms with E-state index in [-0.39, 0.29) is 18.6 Å². The van der Waals surface area contributed by atoms with E-state index < -0.39 is 0 Å². The number of fused-ring (bicyclic) bond motifs is 1. The Morgan fingerprint density at radius 2 is 1.78 bits per heavy atom. The Labute approximate surface area is 213 Å². The monoisotopic (exact) mass is 492 g/mol. The van der Waals surface area contributed by atoms with Gasteiger partial charge in [-0.25, -0.2) is 0 Å². The average molecular weight is 493 g/mol. The number of hydrogen-bond acceptors (Lipinski definition) is 6. The van der Waals surface area contributed by atoms with Gasteiger partial charge in [-0.05, 0) is 61.6 Å². The number of aryl methyl sites for hydroxylation is 2. The van der Waals surface area contributed by atoms with E-state index in [2.05, 4.69) is 21.2 Å². The number of hydrogen-bond donors (Lipinski definition) is 1. The van der Waals surface area contributed by atoms with E-state index in [4.69, 9.17) is 9.47 Å². The number of carbonyl (C=O) groups excluding carboxylic acids is 2. The van der Waals surface area contributed by atoms with Crippen molar-refractivity contribution in [1.29, 1.82) is 0 Å². The molecule has 2 aromatic rings. The molecule has 2 heterocycles. The molecule has 1 saturated carbocycles. The predicted octanol–water partition coefficient (Wildman–Crippen LogP) is 3.17. The maximum absolute atomic E-state index is 12.9. The molecule has 0 bridgehead atoms. The molecule has 0 aromatic heterocycles. The summed E-state index contributed by atoms with van der Waals surface area (Å²) in [5.41, 5.74) is 4.24. The lowest BCUT2D eigenvalue weighted by Gasteiger charge is -2.35. The van der Waals surface area contributed by atoms with Gasteiger partial charge in [-0.3, -0.25) is 19.4 Å².